The first kappa shape index (κ1) is 20.3. The summed E-state index contributed by atoms with van der Waals surface area (Å²) in [5, 5.41) is 15.4. The average Bonchev–Trinajstić information content (AvgIpc) is 3.36. The van der Waals surface area contributed by atoms with E-state index in [1.807, 2.05) is 30.2 Å². The van der Waals surface area contributed by atoms with Crippen molar-refractivity contribution in [3.8, 4) is 11.4 Å². The molecule has 0 spiro atoms. The van der Waals surface area contributed by atoms with E-state index in [4.69, 9.17) is 9.72 Å². The Morgan fingerprint density at radius 1 is 1.21 bits per heavy atom. The largest absolute Gasteiger partial charge is 0.393 e. The Bertz CT molecular complexity index is 989. The summed E-state index contributed by atoms with van der Waals surface area (Å²) in [6.07, 6.45) is 6.38. The molecular weight excluding hydrogens is 380 g/mol. The van der Waals surface area contributed by atoms with Gasteiger partial charge in [0, 0.05) is 39.5 Å². The second kappa shape index (κ2) is 8.05. The molecule has 1 fully saturated rings. The second-order valence-electron chi connectivity index (χ2n) is 9.49. The monoisotopic (exact) mass is 412 g/mol. The van der Waals surface area contributed by atoms with Crippen LogP contribution in [0.4, 0.5) is 0 Å². The van der Waals surface area contributed by atoms with Crippen molar-refractivity contribution in [3.63, 3.8) is 0 Å². The molecule has 2 unspecified atom stereocenters. The molecule has 6 nitrogen and oxygen atoms in total. The van der Waals surface area contributed by atoms with Gasteiger partial charge in [0.15, 0.2) is 0 Å². The fraction of sp³-hybridized carbons (Fsp3) is 0.545. The molecule has 1 N–H and O–H groups in total. The highest BCUT2D eigenvalue weighted by Gasteiger charge is 2.25. The zero-order valence-electron chi connectivity index (χ0n) is 17.9. The zero-order valence-corrected chi connectivity index (χ0v) is 18.9. The van der Waals surface area contributed by atoms with Crippen LogP contribution in [0, 0.1) is 0 Å². The van der Waals surface area contributed by atoms with Crippen LogP contribution >= 0.6 is 0 Å². The van der Waals surface area contributed by atoms with Gasteiger partial charge in [-0.1, -0.05) is 19.6 Å². The van der Waals surface area contributed by atoms with Gasteiger partial charge in [0.05, 0.1) is 17.5 Å². The molecule has 0 radical (unpaired) electrons. The number of hydrogen-bond acceptors (Lipinski definition) is 4. The third kappa shape index (κ3) is 4.47. The lowest BCUT2D eigenvalue weighted by Gasteiger charge is -2.17. The van der Waals surface area contributed by atoms with Gasteiger partial charge in [-0.2, -0.15) is 5.10 Å². The van der Waals surface area contributed by atoms with Gasteiger partial charge in [0.1, 0.15) is 12.4 Å². The van der Waals surface area contributed by atoms with Crippen LogP contribution in [0.25, 0.3) is 22.4 Å². The van der Waals surface area contributed by atoms with E-state index in [9.17, 15) is 5.11 Å². The summed E-state index contributed by atoms with van der Waals surface area (Å²) in [5.74, 6) is 0.401. The first-order chi connectivity index (χ1) is 13.8. The van der Waals surface area contributed by atoms with Crippen molar-refractivity contribution in [1.82, 2.24) is 19.3 Å². The average molecular weight is 413 g/mol. The number of aliphatic hydroxyl groups excluding tert-OH is 1. The summed E-state index contributed by atoms with van der Waals surface area (Å²) in [6, 6.07) is 7.61. The van der Waals surface area contributed by atoms with Crippen molar-refractivity contribution >= 4 is 19.1 Å². The topological polar surface area (TPSA) is 65.1 Å². The molecule has 0 amide bonds. The smallest absolute Gasteiger partial charge is 0.142 e. The molecule has 1 saturated carbocycles. The molecule has 156 valence electrons. The van der Waals surface area contributed by atoms with E-state index in [2.05, 4.69) is 41.4 Å². The Morgan fingerprint density at radius 2 is 2.03 bits per heavy atom. The summed E-state index contributed by atoms with van der Waals surface area (Å²) in [7, 11) is 0.839. The van der Waals surface area contributed by atoms with Crippen molar-refractivity contribution in [2.75, 3.05) is 6.61 Å². The van der Waals surface area contributed by atoms with Crippen LogP contribution in [0.1, 0.15) is 30.7 Å². The zero-order chi connectivity index (χ0) is 20.6. The van der Waals surface area contributed by atoms with Gasteiger partial charge in [-0.3, -0.25) is 9.25 Å². The normalized spacial score (nSPS) is 20.0. The second-order valence-corrected chi connectivity index (χ2v) is 15.1. The maximum atomic E-state index is 9.91. The number of pyridine rings is 1. The van der Waals surface area contributed by atoms with E-state index in [1.165, 1.54) is 5.56 Å². The Morgan fingerprint density at radius 3 is 2.69 bits per heavy atom. The third-order valence-corrected chi connectivity index (χ3v) is 7.64. The van der Waals surface area contributed by atoms with Gasteiger partial charge in [0.25, 0.3) is 0 Å². The highest BCUT2D eigenvalue weighted by Crippen LogP contribution is 2.36. The first-order valence-corrected chi connectivity index (χ1v) is 14.3. The maximum absolute atomic E-state index is 9.91. The number of aryl methyl sites for hydroxylation is 1. The summed E-state index contributed by atoms with van der Waals surface area (Å²) in [5.41, 5.74) is 4.29. The molecule has 1 aliphatic rings. The molecule has 0 aromatic carbocycles. The SMILES string of the molecule is Cn1nccc1-c1cc2cc(C3CCC(O)C3)cnc2n1COCC[Si](C)(C)C. The number of nitrogens with zero attached hydrogens (tertiary/aromatic N) is 4. The van der Waals surface area contributed by atoms with E-state index in [-0.39, 0.29) is 6.10 Å². The Kier molecular flexibility index (Phi) is 5.64. The standard InChI is InChI=1S/C22H32N4O2Si/c1-25-20(7-8-24-25)21-13-17-11-18(16-5-6-19(27)12-16)14-23-22(17)26(21)15-28-9-10-29(2,3)4/h7-8,11,13-14,16,19,27H,5-6,9-10,12,15H2,1-4H3. The van der Waals surface area contributed by atoms with Crippen LogP contribution in [-0.4, -0.2) is 45.2 Å². The molecule has 3 aromatic rings. The Labute approximate surface area is 173 Å². The van der Waals surface area contributed by atoms with E-state index in [1.54, 1.807) is 0 Å². The highest BCUT2D eigenvalue weighted by atomic mass is 28.3. The van der Waals surface area contributed by atoms with E-state index >= 15 is 0 Å². The summed E-state index contributed by atoms with van der Waals surface area (Å²) in [4.78, 5) is 4.82. The summed E-state index contributed by atoms with van der Waals surface area (Å²) < 4.78 is 10.1. The molecule has 0 bridgehead atoms. The van der Waals surface area contributed by atoms with E-state index in [0.717, 1.165) is 54.3 Å². The van der Waals surface area contributed by atoms with Crippen molar-refractivity contribution in [3.05, 3.63) is 36.2 Å². The van der Waals surface area contributed by atoms with Gasteiger partial charge in [-0.05, 0) is 55.0 Å². The molecule has 2 atom stereocenters. The van der Waals surface area contributed by atoms with Crippen LogP contribution in [-0.2, 0) is 18.5 Å². The fourth-order valence-corrected chi connectivity index (χ4v) is 4.91. The molecule has 29 heavy (non-hydrogen) atoms. The van der Waals surface area contributed by atoms with Gasteiger partial charge < -0.3 is 9.84 Å². The molecule has 0 aliphatic heterocycles. The summed E-state index contributed by atoms with van der Waals surface area (Å²) in [6.45, 7) is 8.36. The van der Waals surface area contributed by atoms with Crippen molar-refractivity contribution in [1.29, 1.82) is 0 Å². The van der Waals surface area contributed by atoms with Gasteiger partial charge in [-0.25, -0.2) is 4.98 Å². The minimum atomic E-state index is -1.12. The molecule has 3 heterocycles. The van der Waals surface area contributed by atoms with Crippen LogP contribution in [0.15, 0.2) is 30.6 Å². The molecule has 7 heteroatoms. The maximum Gasteiger partial charge on any atom is 0.142 e. The van der Waals surface area contributed by atoms with Gasteiger partial charge >= 0.3 is 0 Å². The number of aromatic nitrogens is 4. The van der Waals surface area contributed by atoms with Crippen LogP contribution in [0.5, 0.6) is 0 Å². The van der Waals surface area contributed by atoms with Crippen molar-refractivity contribution in [2.24, 2.45) is 7.05 Å². The minimum Gasteiger partial charge on any atom is -0.393 e. The van der Waals surface area contributed by atoms with E-state index < -0.39 is 8.07 Å². The number of fused-ring (bicyclic) bond motifs is 1. The van der Waals surface area contributed by atoms with E-state index in [0.29, 0.717) is 12.6 Å². The lowest BCUT2D eigenvalue weighted by Crippen LogP contribution is -2.22. The molecule has 4 rings (SSSR count). The fourth-order valence-electron chi connectivity index (χ4n) is 4.15. The molecule has 1 aliphatic carbocycles. The van der Waals surface area contributed by atoms with Crippen LogP contribution < -0.4 is 0 Å². The molecule has 3 aromatic heterocycles. The van der Waals surface area contributed by atoms with Crippen molar-refractivity contribution in [2.45, 2.75) is 63.7 Å². The molecule has 0 saturated heterocycles. The third-order valence-electron chi connectivity index (χ3n) is 5.93. The number of hydrogen-bond donors (Lipinski definition) is 1. The number of aliphatic hydroxyl groups is 1. The highest BCUT2D eigenvalue weighted by molar-refractivity contribution is 6.76. The quantitative estimate of drug-likeness (QED) is 0.462. The van der Waals surface area contributed by atoms with Gasteiger partial charge in [0.2, 0.25) is 0 Å². The Balaban J connectivity index is 1.66. The van der Waals surface area contributed by atoms with Crippen LogP contribution in [0.3, 0.4) is 0 Å². The lowest BCUT2D eigenvalue weighted by atomic mass is 9.99. The predicted molar refractivity (Wildman–Crippen MR) is 119 cm³/mol. The predicted octanol–water partition coefficient (Wildman–Crippen LogP) is 4.38. The number of ether oxygens (including phenoxy) is 1. The summed E-state index contributed by atoms with van der Waals surface area (Å²) >= 11 is 0. The van der Waals surface area contributed by atoms with Crippen LogP contribution in [0.2, 0.25) is 25.7 Å². The lowest BCUT2D eigenvalue weighted by molar-refractivity contribution is 0.0908. The first-order valence-electron chi connectivity index (χ1n) is 10.6. The molecular formula is C22H32N4O2Si. The Hall–Kier alpha value is -1.96. The number of rotatable bonds is 7. The minimum absolute atomic E-state index is 0.176. The van der Waals surface area contributed by atoms with Crippen molar-refractivity contribution < 1.29 is 9.84 Å². The van der Waals surface area contributed by atoms with Gasteiger partial charge in [-0.15, -0.1) is 0 Å².